The standard InChI is InChI=1S/C16H15ClN2OS/c1-12(21-15-5-3-2-4-6-15)16(20)19-18-11-13-7-9-14(17)10-8-13/h2-12H,1H3,(H,19,20)/b18-11-/t12-/m0/s1. The molecule has 0 spiro atoms. The van der Waals surface area contributed by atoms with Gasteiger partial charge in [-0.2, -0.15) is 5.10 Å². The molecule has 3 nitrogen and oxygen atoms in total. The summed E-state index contributed by atoms with van der Waals surface area (Å²) in [6.45, 7) is 1.85. The highest BCUT2D eigenvalue weighted by atomic mass is 35.5. The molecule has 0 aliphatic rings. The van der Waals surface area contributed by atoms with Crippen LogP contribution in [0.5, 0.6) is 0 Å². The number of carbonyl (C=O) groups is 1. The van der Waals surface area contributed by atoms with E-state index < -0.39 is 0 Å². The molecule has 1 N–H and O–H groups in total. The lowest BCUT2D eigenvalue weighted by atomic mass is 10.2. The van der Waals surface area contributed by atoms with Gasteiger partial charge in [0.05, 0.1) is 11.5 Å². The Kier molecular flexibility index (Phi) is 5.84. The van der Waals surface area contributed by atoms with E-state index in [-0.39, 0.29) is 11.2 Å². The van der Waals surface area contributed by atoms with Crippen molar-refractivity contribution >= 4 is 35.5 Å². The van der Waals surface area contributed by atoms with Gasteiger partial charge in [-0.05, 0) is 36.8 Å². The summed E-state index contributed by atoms with van der Waals surface area (Å²) in [5.41, 5.74) is 3.42. The Labute approximate surface area is 133 Å². The maximum Gasteiger partial charge on any atom is 0.253 e. The van der Waals surface area contributed by atoms with Gasteiger partial charge in [-0.15, -0.1) is 11.8 Å². The van der Waals surface area contributed by atoms with Crippen LogP contribution in [0.2, 0.25) is 5.02 Å². The van der Waals surface area contributed by atoms with Gasteiger partial charge in [0, 0.05) is 9.92 Å². The van der Waals surface area contributed by atoms with Crippen LogP contribution < -0.4 is 5.43 Å². The quantitative estimate of drug-likeness (QED) is 0.515. The number of benzene rings is 2. The molecule has 0 unspecified atom stereocenters. The summed E-state index contributed by atoms with van der Waals surface area (Å²) in [6, 6.07) is 17.0. The van der Waals surface area contributed by atoms with E-state index in [9.17, 15) is 4.79 Å². The molecule has 21 heavy (non-hydrogen) atoms. The van der Waals surface area contributed by atoms with Crippen LogP contribution >= 0.6 is 23.4 Å². The minimum Gasteiger partial charge on any atom is -0.272 e. The minimum atomic E-state index is -0.213. The molecule has 0 bridgehead atoms. The summed E-state index contributed by atoms with van der Waals surface area (Å²) in [5, 5.41) is 4.41. The molecule has 0 aliphatic heterocycles. The number of hydrogen-bond acceptors (Lipinski definition) is 3. The van der Waals surface area contributed by atoms with Crippen LogP contribution in [0, 0.1) is 0 Å². The van der Waals surface area contributed by atoms with Crippen LogP contribution in [0.3, 0.4) is 0 Å². The zero-order valence-corrected chi connectivity index (χ0v) is 13.1. The highest BCUT2D eigenvalue weighted by Gasteiger charge is 2.13. The Hall–Kier alpha value is -1.78. The maximum atomic E-state index is 11.9. The van der Waals surface area contributed by atoms with Gasteiger partial charge in [-0.25, -0.2) is 5.43 Å². The zero-order valence-electron chi connectivity index (χ0n) is 11.5. The Morgan fingerprint density at radius 1 is 1.19 bits per heavy atom. The number of amides is 1. The summed E-state index contributed by atoms with van der Waals surface area (Å²) in [6.07, 6.45) is 1.59. The van der Waals surface area contributed by atoms with Gasteiger partial charge in [0.1, 0.15) is 0 Å². The normalized spacial score (nSPS) is 12.3. The monoisotopic (exact) mass is 318 g/mol. The molecule has 2 aromatic rings. The summed E-state index contributed by atoms with van der Waals surface area (Å²) in [5.74, 6) is -0.130. The fourth-order valence-electron chi connectivity index (χ4n) is 1.57. The van der Waals surface area contributed by atoms with E-state index >= 15 is 0 Å². The van der Waals surface area contributed by atoms with E-state index in [0.717, 1.165) is 10.5 Å². The minimum absolute atomic E-state index is 0.130. The number of hydrogen-bond donors (Lipinski definition) is 1. The van der Waals surface area contributed by atoms with E-state index in [1.165, 1.54) is 11.8 Å². The van der Waals surface area contributed by atoms with E-state index in [1.807, 2.05) is 49.4 Å². The molecular formula is C16H15ClN2OS. The summed E-state index contributed by atoms with van der Waals surface area (Å²) in [7, 11) is 0. The largest absolute Gasteiger partial charge is 0.272 e. The third kappa shape index (κ3) is 5.25. The molecule has 2 aromatic carbocycles. The van der Waals surface area contributed by atoms with Crippen LogP contribution in [0.25, 0.3) is 0 Å². The predicted octanol–water partition coefficient (Wildman–Crippen LogP) is 3.97. The van der Waals surface area contributed by atoms with E-state index in [4.69, 9.17) is 11.6 Å². The Balaban J connectivity index is 1.85. The van der Waals surface area contributed by atoms with Crippen molar-refractivity contribution < 1.29 is 4.79 Å². The molecular weight excluding hydrogens is 304 g/mol. The number of rotatable bonds is 5. The van der Waals surface area contributed by atoms with Gasteiger partial charge in [-0.1, -0.05) is 41.9 Å². The van der Waals surface area contributed by atoms with Crippen molar-refractivity contribution in [3.8, 4) is 0 Å². The van der Waals surface area contributed by atoms with Crippen molar-refractivity contribution in [2.24, 2.45) is 5.10 Å². The number of hydrazone groups is 1. The van der Waals surface area contributed by atoms with Gasteiger partial charge in [0.2, 0.25) is 0 Å². The Bertz CT molecular complexity index is 614. The van der Waals surface area contributed by atoms with E-state index in [0.29, 0.717) is 5.02 Å². The SMILES string of the molecule is C[C@H](Sc1ccccc1)C(=O)N/N=C\c1ccc(Cl)cc1. The third-order valence-electron chi connectivity index (χ3n) is 2.68. The van der Waals surface area contributed by atoms with Crippen molar-refractivity contribution in [3.63, 3.8) is 0 Å². The predicted molar refractivity (Wildman–Crippen MR) is 88.9 cm³/mol. The maximum absolute atomic E-state index is 11.9. The van der Waals surface area contributed by atoms with E-state index in [2.05, 4.69) is 10.5 Å². The summed E-state index contributed by atoms with van der Waals surface area (Å²) < 4.78 is 0. The van der Waals surface area contributed by atoms with Gasteiger partial charge in [-0.3, -0.25) is 4.79 Å². The van der Waals surface area contributed by atoms with Gasteiger partial charge in [0.25, 0.3) is 5.91 Å². The molecule has 0 heterocycles. The second kappa shape index (κ2) is 7.86. The van der Waals surface area contributed by atoms with Crippen molar-refractivity contribution in [1.82, 2.24) is 5.43 Å². The lowest BCUT2D eigenvalue weighted by Crippen LogP contribution is -2.26. The number of halogens is 1. The number of thioether (sulfide) groups is 1. The number of carbonyl (C=O) groups excluding carboxylic acids is 1. The van der Waals surface area contributed by atoms with Crippen LogP contribution in [0.1, 0.15) is 12.5 Å². The molecule has 0 radical (unpaired) electrons. The molecule has 0 saturated heterocycles. The second-order valence-electron chi connectivity index (χ2n) is 4.36. The van der Waals surface area contributed by atoms with Crippen LogP contribution in [-0.2, 0) is 4.79 Å². The van der Waals surface area contributed by atoms with E-state index in [1.54, 1.807) is 18.3 Å². The fourth-order valence-corrected chi connectivity index (χ4v) is 2.58. The Morgan fingerprint density at radius 3 is 2.52 bits per heavy atom. The molecule has 0 aliphatic carbocycles. The molecule has 0 aromatic heterocycles. The first-order chi connectivity index (χ1) is 10.1. The van der Waals surface area contributed by atoms with Crippen molar-refractivity contribution in [2.45, 2.75) is 17.1 Å². The molecule has 0 saturated carbocycles. The molecule has 0 fully saturated rings. The van der Waals surface area contributed by atoms with Gasteiger partial charge < -0.3 is 0 Å². The van der Waals surface area contributed by atoms with Crippen LogP contribution in [-0.4, -0.2) is 17.4 Å². The first kappa shape index (κ1) is 15.6. The van der Waals surface area contributed by atoms with Crippen molar-refractivity contribution in [1.29, 1.82) is 0 Å². The van der Waals surface area contributed by atoms with Crippen molar-refractivity contribution in [2.75, 3.05) is 0 Å². The lowest BCUT2D eigenvalue weighted by Gasteiger charge is -2.08. The van der Waals surface area contributed by atoms with Crippen LogP contribution in [0.15, 0.2) is 64.6 Å². The van der Waals surface area contributed by atoms with Crippen molar-refractivity contribution in [3.05, 3.63) is 65.2 Å². The molecule has 108 valence electrons. The smallest absolute Gasteiger partial charge is 0.253 e. The zero-order chi connectivity index (χ0) is 15.1. The summed E-state index contributed by atoms with van der Waals surface area (Å²) in [4.78, 5) is 13.0. The first-order valence-corrected chi connectivity index (χ1v) is 7.71. The topological polar surface area (TPSA) is 41.5 Å². The summed E-state index contributed by atoms with van der Waals surface area (Å²) >= 11 is 7.29. The lowest BCUT2D eigenvalue weighted by molar-refractivity contribution is -0.120. The Morgan fingerprint density at radius 2 is 1.86 bits per heavy atom. The highest BCUT2D eigenvalue weighted by molar-refractivity contribution is 8.00. The molecule has 5 heteroatoms. The van der Waals surface area contributed by atoms with Gasteiger partial charge in [0.15, 0.2) is 0 Å². The average Bonchev–Trinajstić information content (AvgIpc) is 2.50. The third-order valence-corrected chi connectivity index (χ3v) is 4.05. The van der Waals surface area contributed by atoms with Gasteiger partial charge >= 0.3 is 0 Å². The fraction of sp³-hybridized carbons (Fsp3) is 0.125. The highest BCUT2D eigenvalue weighted by Crippen LogP contribution is 2.22. The molecule has 1 amide bonds. The molecule has 2 rings (SSSR count). The number of nitrogens with one attached hydrogen (secondary N) is 1. The second-order valence-corrected chi connectivity index (χ2v) is 6.21. The molecule has 1 atom stereocenters. The first-order valence-electron chi connectivity index (χ1n) is 6.45. The number of nitrogens with zero attached hydrogens (tertiary/aromatic N) is 1. The average molecular weight is 319 g/mol. The van der Waals surface area contributed by atoms with Crippen LogP contribution in [0.4, 0.5) is 0 Å².